The highest BCUT2D eigenvalue weighted by atomic mass is 19.1. The maximum atomic E-state index is 13.3. The van der Waals surface area contributed by atoms with Crippen molar-refractivity contribution in [2.24, 2.45) is 5.41 Å². The van der Waals surface area contributed by atoms with E-state index < -0.39 is 17.5 Å². The van der Waals surface area contributed by atoms with E-state index in [1.54, 1.807) is 0 Å². The van der Waals surface area contributed by atoms with Crippen molar-refractivity contribution >= 4 is 5.91 Å². The van der Waals surface area contributed by atoms with Crippen LogP contribution in [0.3, 0.4) is 0 Å². The highest BCUT2D eigenvalue weighted by Crippen LogP contribution is 2.18. The number of carbonyl (C=O) groups is 1. The molecule has 0 aliphatic heterocycles. The Morgan fingerprint density at radius 3 is 2.67 bits per heavy atom. The van der Waals surface area contributed by atoms with Gasteiger partial charge in [0, 0.05) is 13.2 Å². The molecule has 0 aromatic heterocycles. The zero-order chi connectivity index (χ0) is 13.8. The number of nitrogens with one attached hydrogen (secondary N) is 1. The molecular formula is C13H17F2NO2. The number of amides is 1. The summed E-state index contributed by atoms with van der Waals surface area (Å²) >= 11 is 0. The van der Waals surface area contributed by atoms with Crippen LogP contribution in [0.15, 0.2) is 18.2 Å². The molecule has 0 fully saturated rings. The molecule has 0 radical (unpaired) electrons. The molecule has 0 bridgehead atoms. The Bertz CT molecular complexity index is 433. The number of carbonyl (C=O) groups excluding carboxylic acids is 1. The molecule has 18 heavy (non-hydrogen) atoms. The first-order valence-corrected chi connectivity index (χ1v) is 5.70. The minimum absolute atomic E-state index is 0.0111. The first-order valence-electron chi connectivity index (χ1n) is 5.70. The summed E-state index contributed by atoms with van der Waals surface area (Å²) in [5, 5.41) is 11.4. The summed E-state index contributed by atoms with van der Waals surface area (Å²) in [6.45, 7) is 4.02. The Morgan fingerprint density at radius 1 is 1.39 bits per heavy atom. The molecule has 0 atom stereocenters. The van der Waals surface area contributed by atoms with E-state index in [1.807, 2.05) is 13.8 Å². The summed E-state index contributed by atoms with van der Waals surface area (Å²) in [5.41, 5.74) is -0.608. The van der Waals surface area contributed by atoms with Crippen molar-refractivity contribution in [3.63, 3.8) is 0 Å². The first kappa shape index (κ1) is 14.6. The number of halogens is 2. The van der Waals surface area contributed by atoms with Crippen LogP contribution >= 0.6 is 0 Å². The van der Waals surface area contributed by atoms with Crippen LogP contribution in [-0.4, -0.2) is 24.2 Å². The van der Waals surface area contributed by atoms with Crippen molar-refractivity contribution in [1.82, 2.24) is 5.32 Å². The lowest BCUT2D eigenvalue weighted by atomic mass is 9.89. The largest absolute Gasteiger partial charge is 0.396 e. The lowest BCUT2D eigenvalue weighted by molar-refractivity contribution is 0.0923. The van der Waals surface area contributed by atoms with Crippen molar-refractivity contribution in [3.8, 4) is 0 Å². The summed E-state index contributed by atoms with van der Waals surface area (Å²) in [5.74, 6) is -2.07. The van der Waals surface area contributed by atoms with Crippen LogP contribution in [-0.2, 0) is 0 Å². The zero-order valence-corrected chi connectivity index (χ0v) is 10.5. The van der Waals surface area contributed by atoms with E-state index in [0.29, 0.717) is 6.42 Å². The molecule has 0 aliphatic carbocycles. The standard InChI is InChI=1S/C13H17F2NO2/c1-13(2,5-6-17)8-16-12(18)10-7-9(14)3-4-11(10)15/h3-4,7,17H,5-6,8H2,1-2H3,(H,16,18). The van der Waals surface area contributed by atoms with Crippen LogP contribution in [0, 0.1) is 17.0 Å². The third kappa shape index (κ3) is 4.07. The van der Waals surface area contributed by atoms with E-state index in [9.17, 15) is 13.6 Å². The van der Waals surface area contributed by atoms with Crippen LogP contribution in [0.25, 0.3) is 0 Å². The predicted molar refractivity (Wildman–Crippen MR) is 64.2 cm³/mol. The lowest BCUT2D eigenvalue weighted by Gasteiger charge is -2.23. The van der Waals surface area contributed by atoms with Gasteiger partial charge in [0.15, 0.2) is 0 Å². The zero-order valence-electron chi connectivity index (χ0n) is 10.5. The molecule has 1 aromatic rings. The van der Waals surface area contributed by atoms with Gasteiger partial charge >= 0.3 is 0 Å². The minimum atomic E-state index is -0.756. The SMILES string of the molecule is CC(C)(CCO)CNC(=O)c1cc(F)ccc1F. The average molecular weight is 257 g/mol. The number of hydrogen-bond acceptors (Lipinski definition) is 2. The predicted octanol–water partition coefficient (Wildman–Crippen LogP) is 2.10. The van der Waals surface area contributed by atoms with Gasteiger partial charge < -0.3 is 10.4 Å². The topological polar surface area (TPSA) is 49.3 Å². The molecule has 0 unspecified atom stereocenters. The third-order valence-electron chi connectivity index (χ3n) is 2.69. The van der Waals surface area contributed by atoms with Gasteiger partial charge in [-0.25, -0.2) is 8.78 Å². The van der Waals surface area contributed by atoms with E-state index in [2.05, 4.69) is 5.32 Å². The second-order valence-electron chi connectivity index (χ2n) is 4.94. The molecule has 1 rings (SSSR count). The molecule has 1 aromatic carbocycles. The monoisotopic (exact) mass is 257 g/mol. The highest BCUT2D eigenvalue weighted by molar-refractivity contribution is 5.94. The van der Waals surface area contributed by atoms with Crippen LogP contribution in [0.4, 0.5) is 8.78 Å². The summed E-state index contributed by atoms with van der Waals surface area (Å²) in [4.78, 5) is 11.7. The van der Waals surface area contributed by atoms with Crippen LogP contribution in [0.1, 0.15) is 30.6 Å². The maximum Gasteiger partial charge on any atom is 0.254 e. The fraction of sp³-hybridized carbons (Fsp3) is 0.462. The number of benzene rings is 1. The Kier molecular flexibility index (Phi) is 4.78. The van der Waals surface area contributed by atoms with Crippen molar-refractivity contribution < 1.29 is 18.7 Å². The first-order chi connectivity index (χ1) is 8.35. The molecule has 2 N–H and O–H groups in total. The lowest BCUT2D eigenvalue weighted by Crippen LogP contribution is -2.35. The number of hydrogen-bond donors (Lipinski definition) is 2. The molecular weight excluding hydrogens is 240 g/mol. The van der Waals surface area contributed by atoms with Crippen LogP contribution in [0.2, 0.25) is 0 Å². The van der Waals surface area contributed by atoms with Gasteiger partial charge in [-0.3, -0.25) is 4.79 Å². The summed E-state index contributed by atoms with van der Waals surface area (Å²) < 4.78 is 26.2. The third-order valence-corrected chi connectivity index (χ3v) is 2.69. The number of aliphatic hydroxyl groups is 1. The summed E-state index contributed by atoms with van der Waals surface area (Å²) in [6, 6.07) is 2.74. The molecule has 0 saturated heterocycles. The van der Waals surface area contributed by atoms with Crippen molar-refractivity contribution in [3.05, 3.63) is 35.4 Å². The van der Waals surface area contributed by atoms with Crippen molar-refractivity contribution in [1.29, 1.82) is 0 Å². The van der Waals surface area contributed by atoms with Gasteiger partial charge in [-0.1, -0.05) is 13.8 Å². The highest BCUT2D eigenvalue weighted by Gasteiger charge is 2.20. The van der Waals surface area contributed by atoms with Gasteiger partial charge in [0.1, 0.15) is 11.6 Å². The Balaban J connectivity index is 2.69. The van der Waals surface area contributed by atoms with Gasteiger partial charge in [0.05, 0.1) is 5.56 Å². The maximum absolute atomic E-state index is 13.3. The second-order valence-corrected chi connectivity index (χ2v) is 4.94. The second kappa shape index (κ2) is 5.91. The van der Waals surface area contributed by atoms with Crippen molar-refractivity contribution in [2.75, 3.05) is 13.2 Å². The summed E-state index contributed by atoms with van der Waals surface area (Å²) in [6.07, 6.45) is 0.513. The molecule has 3 nitrogen and oxygen atoms in total. The molecule has 0 spiro atoms. The van der Waals surface area contributed by atoms with Gasteiger partial charge in [0.25, 0.3) is 5.91 Å². The van der Waals surface area contributed by atoms with E-state index >= 15 is 0 Å². The van der Waals surface area contributed by atoms with E-state index in [0.717, 1.165) is 18.2 Å². The Morgan fingerprint density at radius 2 is 2.06 bits per heavy atom. The van der Waals surface area contributed by atoms with Gasteiger partial charge in [-0.15, -0.1) is 0 Å². The van der Waals surface area contributed by atoms with E-state index in [4.69, 9.17) is 5.11 Å². The normalized spacial score (nSPS) is 11.4. The fourth-order valence-corrected chi connectivity index (χ4v) is 1.48. The Hall–Kier alpha value is -1.49. The van der Waals surface area contributed by atoms with Crippen LogP contribution < -0.4 is 5.32 Å². The molecule has 0 heterocycles. The average Bonchev–Trinajstić information content (AvgIpc) is 2.29. The van der Waals surface area contributed by atoms with E-state index in [-0.39, 0.29) is 24.1 Å². The molecule has 0 saturated carbocycles. The van der Waals surface area contributed by atoms with Gasteiger partial charge in [0.2, 0.25) is 0 Å². The van der Waals surface area contributed by atoms with Gasteiger partial charge in [-0.05, 0) is 30.0 Å². The molecule has 0 aliphatic rings. The Labute approximate surface area is 105 Å². The molecule has 100 valence electrons. The van der Waals surface area contributed by atoms with E-state index in [1.165, 1.54) is 0 Å². The number of rotatable bonds is 5. The number of aliphatic hydroxyl groups excluding tert-OH is 1. The smallest absolute Gasteiger partial charge is 0.254 e. The van der Waals surface area contributed by atoms with Crippen LogP contribution in [0.5, 0.6) is 0 Å². The molecule has 1 amide bonds. The minimum Gasteiger partial charge on any atom is -0.396 e. The quantitative estimate of drug-likeness (QED) is 0.848. The summed E-state index contributed by atoms with van der Waals surface area (Å²) in [7, 11) is 0. The fourth-order valence-electron chi connectivity index (χ4n) is 1.48. The van der Waals surface area contributed by atoms with Crippen molar-refractivity contribution in [2.45, 2.75) is 20.3 Å². The molecule has 5 heteroatoms. The van der Waals surface area contributed by atoms with Gasteiger partial charge in [-0.2, -0.15) is 0 Å².